The first-order chi connectivity index (χ1) is 15.7. The van der Waals surface area contributed by atoms with Crippen LogP contribution in [0.25, 0.3) is 65.1 Å². The molecule has 7 rings (SSSR count). The van der Waals surface area contributed by atoms with E-state index in [1.807, 2.05) is 18.2 Å². The van der Waals surface area contributed by atoms with Gasteiger partial charge < -0.3 is 4.42 Å². The summed E-state index contributed by atoms with van der Waals surface area (Å²) in [7, 11) is 2.13. The van der Waals surface area contributed by atoms with Crippen molar-refractivity contribution >= 4 is 66.0 Å². The van der Waals surface area contributed by atoms with E-state index in [4.69, 9.17) is 11.0 Å². The molecule has 0 unspecified atom stereocenters. The van der Waals surface area contributed by atoms with Crippen LogP contribution in [0.1, 0.15) is 5.56 Å². The van der Waals surface area contributed by atoms with Crippen LogP contribution in [0, 0.1) is 13.5 Å². The highest BCUT2D eigenvalue weighted by Crippen LogP contribution is 2.41. The molecule has 0 fully saturated rings. The molecule has 32 heavy (non-hydrogen) atoms. The van der Waals surface area contributed by atoms with Crippen LogP contribution in [-0.4, -0.2) is 4.40 Å². The smallest absolute Gasteiger partial charge is 0.295 e. The van der Waals surface area contributed by atoms with Crippen LogP contribution < -0.4 is 4.57 Å². The van der Waals surface area contributed by atoms with Gasteiger partial charge in [-0.15, -0.1) is 0 Å². The van der Waals surface area contributed by atoms with E-state index in [0.717, 1.165) is 38.4 Å². The molecule has 150 valence electrons. The molecule has 4 nitrogen and oxygen atoms in total. The lowest BCUT2D eigenvalue weighted by molar-refractivity contribution is -0.617. The Morgan fingerprint density at radius 2 is 1.56 bits per heavy atom. The first kappa shape index (κ1) is 17.3. The van der Waals surface area contributed by atoms with E-state index in [9.17, 15) is 0 Å². The second-order valence-corrected chi connectivity index (χ2v) is 8.41. The van der Waals surface area contributed by atoms with Gasteiger partial charge in [0, 0.05) is 21.5 Å². The number of hydrogen-bond donors (Lipinski definition) is 0. The van der Waals surface area contributed by atoms with Gasteiger partial charge in [-0.05, 0) is 36.8 Å². The standard InChI is InChI=1S/C28H18N3O/c1-16-8-6-9-17-18-14-15-20-19-10-7-11-21(29-2)26(19)32-27(20)25(18)31-23-13-5-4-12-22(23)30(3)28(31)24(16)17/h4-15H,1,3H3/q+1. The highest BCUT2D eigenvalue weighted by Gasteiger charge is 2.27. The molecule has 0 atom stereocenters. The molecule has 0 spiro atoms. The summed E-state index contributed by atoms with van der Waals surface area (Å²) in [6, 6.07) is 25.1. The highest BCUT2D eigenvalue weighted by molar-refractivity contribution is 6.23. The Kier molecular flexibility index (Phi) is 3.18. The van der Waals surface area contributed by atoms with Gasteiger partial charge in [0.2, 0.25) is 5.69 Å². The topological polar surface area (TPSA) is 25.8 Å². The number of aryl methyl sites for hydroxylation is 2. The maximum absolute atomic E-state index is 7.59. The fourth-order valence-electron chi connectivity index (χ4n) is 5.37. The Labute approximate surface area is 183 Å². The summed E-state index contributed by atoms with van der Waals surface area (Å²) in [4.78, 5) is 3.70. The van der Waals surface area contributed by atoms with Crippen LogP contribution in [0.2, 0.25) is 0 Å². The molecular formula is C28H18N3O+. The summed E-state index contributed by atoms with van der Waals surface area (Å²) < 4.78 is 11.1. The molecule has 7 aromatic rings. The quantitative estimate of drug-likeness (QED) is 0.150. The Bertz CT molecular complexity index is 1960. The lowest BCUT2D eigenvalue weighted by Crippen LogP contribution is -2.27. The zero-order valence-corrected chi connectivity index (χ0v) is 17.7. The van der Waals surface area contributed by atoms with Crippen LogP contribution in [0.5, 0.6) is 0 Å². The Morgan fingerprint density at radius 1 is 0.812 bits per heavy atom. The zero-order valence-electron chi connectivity index (χ0n) is 17.7. The van der Waals surface area contributed by atoms with E-state index in [-0.39, 0.29) is 0 Å². The van der Waals surface area contributed by atoms with Crippen molar-refractivity contribution in [3.8, 4) is 0 Å². The third-order valence-electron chi connectivity index (χ3n) is 6.76. The molecule has 4 heteroatoms. The largest absolute Gasteiger partial charge is 0.463 e. The van der Waals surface area contributed by atoms with Crippen molar-refractivity contribution in [1.29, 1.82) is 0 Å². The number of hydrogen-bond acceptors (Lipinski definition) is 1. The number of rotatable bonds is 0. The summed E-state index contributed by atoms with van der Waals surface area (Å²) in [6.45, 7) is 9.77. The highest BCUT2D eigenvalue weighted by atomic mass is 16.3. The maximum Gasteiger partial charge on any atom is 0.295 e. The van der Waals surface area contributed by atoms with Crippen molar-refractivity contribution in [2.24, 2.45) is 7.05 Å². The van der Waals surface area contributed by atoms with Gasteiger partial charge in [0.25, 0.3) is 5.65 Å². The lowest BCUT2D eigenvalue weighted by atomic mass is 10.0. The van der Waals surface area contributed by atoms with Crippen molar-refractivity contribution in [3.63, 3.8) is 0 Å². The van der Waals surface area contributed by atoms with Gasteiger partial charge in [-0.25, -0.2) is 9.41 Å². The van der Waals surface area contributed by atoms with Gasteiger partial charge in [-0.3, -0.25) is 0 Å². The molecule has 0 aliphatic heterocycles. The summed E-state index contributed by atoms with van der Waals surface area (Å²) in [6.07, 6.45) is 0. The summed E-state index contributed by atoms with van der Waals surface area (Å²) in [5.41, 5.74) is 7.75. The SMILES string of the molecule is [C-]#[N+]c1cccc2c1oc1c2ccc2c3cccc(C)c3c3n(c4ccccc4[n+]3C)c21. The van der Waals surface area contributed by atoms with Gasteiger partial charge in [0.1, 0.15) is 5.58 Å². The van der Waals surface area contributed by atoms with Gasteiger partial charge in [0.15, 0.2) is 22.1 Å². The predicted molar refractivity (Wildman–Crippen MR) is 129 cm³/mol. The van der Waals surface area contributed by atoms with E-state index in [0.29, 0.717) is 11.3 Å². The molecule has 0 aliphatic rings. The van der Waals surface area contributed by atoms with Gasteiger partial charge in [-0.2, -0.15) is 4.40 Å². The Morgan fingerprint density at radius 3 is 2.44 bits per heavy atom. The first-order valence-electron chi connectivity index (χ1n) is 10.6. The Hall–Kier alpha value is -4.36. The predicted octanol–water partition coefficient (Wildman–Crippen LogP) is 6.98. The molecule has 0 saturated carbocycles. The third-order valence-corrected chi connectivity index (χ3v) is 6.76. The van der Waals surface area contributed by atoms with E-state index in [1.54, 1.807) is 0 Å². The van der Waals surface area contributed by atoms with Crippen LogP contribution >= 0.6 is 0 Å². The zero-order chi connectivity index (χ0) is 21.6. The van der Waals surface area contributed by atoms with Crippen molar-refractivity contribution in [2.75, 3.05) is 0 Å². The molecule has 3 heterocycles. The normalized spacial score (nSPS) is 12.0. The van der Waals surface area contributed by atoms with Crippen LogP contribution in [0.3, 0.4) is 0 Å². The maximum atomic E-state index is 7.59. The van der Waals surface area contributed by atoms with Gasteiger partial charge >= 0.3 is 0 Å². The number of para-hydroxylation sites is 3. The summed E-state index contributed by atoms with van der Waals surface area (Å²) in [5.74, 6) is 0. The number of furan rings is 1. The molecule has 3 aromatic heterocycles. The number of aromatic nitrogens is 2. The Balaban J connectivity index is 1.91. The second-order valence-electron chi connectivity index (χ2n) is 8.41. The second kappa shape index (κ2) is 5.87. The minimum atomic E-state index is 0.544. The number of benzene rings is 4. The van der Waals surface area contributed by atoms with Crippen LogP contribution in [0.4, 0.5) is 5.69 Å². The van der Waals surface area contributed by atoms with Crippen molar-refractivity contribution in [1.82, 2.24) is 4.40 Å². The third kappa shape index (κ3) is 1.94. The van der Waals surface area contributed by atoms with Crippen molar-refractivity contribution < 1.29 is 8.98 Å². The van der Waals surface area contributed by atoms with Crippen LogP contribution in [0.15, 0.2) is 77.2 Å². The van der Waals surface area contributed by atoms with E-state index >= 15 is 0 Å². The van der Waals surface area contributed by atoms with E-state index in [1.165, 1.54) is 21.9 Å². The lowest BCUT2D eigenvalue weighted by Gasteiger charge is -2.07. The molecule has 0 N–H and O–H groups in total. The fraction of sp³-hybridized carbons (Fsp3) is 0.0714. The minimum absolute atomic E-state index is 0.544. The summed E-state index contributed by atoms with van der Waals surface area (Å²) in [5, 5.41) is 5.61. The van der Waals surface area contributed by atoms with Gasteiger partial charge in [-0.1, -0.05) is 48.5 Å². The number of nitrogens with zero attached hydrogens (tertiary/aromatic N) is 3. The van der Waals surface area contributed by atoms with Crippen molar-refractivity contribution in [3.05, 3.63) is 89.8 Å². The first-order valence-corrected chi connectivity index (χ1v) is 10.6. The monoisotopic (exact) mass is 412 g/mol. The number of fused-ring (bicyclic) bond motifs is 12. The average molecular weight is 412 g/mol. The molecule has 0 bridgehead atoms. The fourth-order valence-corrected chi connectivity index (χ4v) is 5.37. The molecule has 0 aliphatic carbocycles. The molecular weight excluding hydrogens is 394 g/mol. The molecule has 0 amide bonds. The number of imidazole rings is 1. The van der Waals surface area contributed by atoms with E-state index in [2.05, 4.69) is 82.4 Å². The molecule has 0 radical (unpaired) electrons. The van der Waals surface area contributed by atoms with Gasteiger partial charge in [0.05, 0.1) is 19.0 Å². The van der Waals surface area contributed by atoms with E-state index < -0.39 is 0 Å². The summed E-state index contributed by atoms with van der Waals surface area (Å²) >= 11 is 0. The molecule has 0 saturated heterocycles. The average Bonchev–Trinajstić information content (AvgIpc) is 3.35. The number of pyridine rings is 1. The molecule has 4 aromatic carbocycles. The minimum Gasteiger partial charge on any atom is -0.463 e. The van der Waals surface area contributed by atoms with Crippen LogP contribution in [-0.2, 0) is 7.05 Å². The van der Waals surface area contributed by atoms with Crippen molar-refractivity contribution in [2.45, 2.75) is 6.92 Å².